The third-order valence-electron chi connectivity index (χ3n) is 3.28. The summed E-state index contributed by atoms with van der Waals surface area (Å²) in [5.74, 6) is 3.10. The van der Waals surface area contributed by atoms with E-state index in [1.54, 1.807) is 12.1 Å². The van der Waals surface area contributed by atoms with Crippen LogP contribution in [0.5, 0.6) is 0 Å². The molecule has 3 N–H and O–H groups in total. The molecule has 0 atom stereocenters. The molecule has 0 aliphatic heterocycles. The quantitative estimate of drug-likeness (QED) is 0.332. The van der Waals surface area contributed by atoms with E-state index < -0.39 is 17.2 Å². The number of rotatable bonds is 3. The smallest absolute Gasteiger partial charge is 0.265 e. The van der Waals surface area contributed by atoms with Gasteiger partial charge in [-0.1, -0.05) is 6.07 Å². The van der Waals surface area contributed by atoms with E-state index in [0.29, 0.717) is 5.56 Å². The van der Waals surface area contributed by atoms with Gasteiger partial charge in [0.25, 0.3) is 5.91 Å². The Kier molecular flexibility index (Phi) is 6.14. The molecule has 0 saturated carbocycles. The summed E-state index contributed by atoms with van der Waals surface area (Å²) in [5, 5.41) is 0. The third-order valence-corrected chi connectivity index (χ3v) is 3.28. The van der Waals surface area contributed by atoms with E-state index in [4.69, 9.17) is 5.84 Å². The number of aromatic nitrogens is 1. The normalized spacial score (nSPS) is 9.72. The van der Waals surface area contributed by atoms with Crippen molar-refractivity contribution in [3.63, 3.8) is 0 Å². The van der Waals surface area contributed by atoms with Gasteiger partial charge in [-0.05, 0) is 48.5 Å². The van der Waals surface area contributed by atoms with Crippen molar-refractivity contribution in [1.29, 1.82) is 0 Å². The molecule has 1 aromatic heterocycles. The molecule has 1 heterocycles. The number of nitrogens with one attached hydrogen (secondary N) is 1. The number of hydrogen-bond donors (Lipinski definition) is 2. The number of nitrogens with zero attached hydrogens (tertiary/aromatic N) is 1. The minimum atomic E-state index is -0.824. The van der Waals surface area contributed by atoms with Gasteiger partial charge < -0.3 is 4.57 Å². The zero-order valence-corrected chi connectivity index (χ0v) is 13.0. The second kappa shape index (κ2) is 8.51. The van der Waals surface area contributed by atoms with E-state index in [1.807, 2.05) is 41.2 Å². The van der Waals surface area contributed by atoms with Gasteiger partial charge in [0.05, 0.1) is 5.56 Å². The summed E-state index contributed by atoms with van der Waals surface area (Å²) < 4.78 is 26.7. The van der Waals surface area contributed by atoms with Crippen molar-refractivity contribution in [1.82, 2.24) is 9.99 Å². The lowest BCUT2D eigenvalue weighted by Crippen LogP contribution is -2.29. The van der Waals surface area contributed by atoms with Gasteiger partial charge in [-0.25, -0.2) is 14.6 Å². The predicted molar refractivity (Wildman–Crippen MR) is 89.2 cm³/mol. The van der Waals surface area contributed by atoms with Crippen LogP contribution in [-0.2, 0) is 0 Å². The Morgan fingerprint density at radius 2 is 1.52 bits per heavy atom. The minimum absolute atomic E-state index is 0.157. The van der Waals surface area contributed by atoms with Crippen LogP contribution >= 0.6 is 0 Å². The number of halogens is 2. The van der Waals surface area contributed by atoms with Gasteiger partial charge in [-0.3, -0.25) is 15.0 Å². The number of nitrogens with two attached hydrogens (primary N) is 1. The Balaban J connectivity index is 0.000000196. The molecule has 0 fully saturated rings. The highest BCUT2D eigenvalue weighted by molar-refractivity contribution is 5.93. The lowest BCUT2D eigenvalue weighted by molar-refractivity contribution is 0.0953. The van der Waals surface area contributed by atoms with Crippen molar-refractivity contribution in [3.8, 4) is 5.69 Å². The number of nitrogen functional groups attached to an aromatic ring is 1. The van der Waals surface area contributed by atoms with Crippen molar-refractivity contribution in [2.75, 3.05) is 0 Å². The highest BCUT2D eigenvalue weighted by Crippen LogP contribution is 2.10. The molecule has 0 radical (unpaired) electrons. The lowest BCUT2D eigenvalue weighted by atomic mass is 10.2. The first-order valence-electron chi connectivity index (χ1n) is 7.20. The van der Waals surface area contributed by atoms with Gasteiger partial charge in [0.15, 0.2) is 6.29 Å². The van der Waals surface area contributed by atoms with Crippen LogP contribution in [0.4, 0.5) is 8.78 Å². The molecule has 25 heavy (non-hydrogen) atoms. The Bertz CT molecular complexity index is 827. The van der Waals surface area contributed by atoms with Crippen LogP contribution in [0.3, 0.4) is 0 Å². The van der Waals surface area contributed by atoms with Gasteiger partial charge in [0, 0.05) is 23.6 Å². The molecule has 0 unspecified atom stereocenters. The molecule has 3 aromatic rings. The Hall–Kier alpha value is -3.32. The SMILES string of the molecule is NNC(=O)c1ccc(-n2cccc2)cc1.O=Cc1c(F)cccc1F. The molecule has 1 amide bonds. The number of hydrazine groups is 1. The standard InChI is InChI=1S/C11H11N3O.C7H4F2O/c12-13-11(15)9-3-5-10(6-4-9)14-7-1-2-8-14;8-6-2-1-3-7(9)5(6)4-10/h1-8H,12H2,(H,13,15);1-4H. The molecule has 0 aliphatic carbocycles. The van der Waals surface area contributed by atoms with Crippen LogP contribution in [0, 0.1) is 11.6 Å². The van der Waals surface area contributed by atoms with Crippen molar-refractivity contribution < 1.29 is 18.4 Å². The molecular weight excluding hydrogens is 328 g/mol. The highest BCUT2D eigenvalue weighted by Gasteiger charge is 2.05. The van der Waals surface area contributed by atoms with Crippen molar-refractivity contribution in [3.05, 3.63) is 89.8 Å². The van der Waals surface area contributed by atoms with Crippen LogP contribution in [0.2, 0.25) is 0 Å². The van der Waals surface area contributed by atoms with Gasteiger partial charge in [-0.2, -0.15) is 0 Å². The Morgan fingerprint density at radius 1 is 0.960 bits per heavy atom. The average Bonchev–Trinajstić information content (AvgIpc) is 3.17. The van der Waals surface area contributed by atoms with E-state index in [1.165, 1.54) is 6.07 Å². The molecule has 5 nitrogen and oxygen atoms in total. The number of carbonyl (C=O) groups excluding carboxylic acids is 2. The maximum absolute atomic E-state index is 12.4. The first kappa shape index (κ1) is 18.0. The zero-order chi connectivity index (χ0) is 18.2. The van der Waals surface area contributed by atoms with E-state index in [9.17, 15) is 18.4 Å². The first-order valence-corrected chi connectivity index (χ1v) is 7.20. The van der Waals surface area contributed by atoms with Crippen LogP contribution in [0.15, 0.2) is 67.0 Å². The van der Waals surface area contributed by atoms with Gasteiger partial charge in [0.1, 0.15) is 11.6 Å². The summed E-state index contributed by atoms with van der Waals surface area (Å²) in [4.78, 5) is 21.1. The summed E-state index contributed by atoms with van der Waals surface area (Å²) in [6, 6.07) is 14.4. The van der Waals surface area contributed by atoms with E-state index >= 15 is 0 Å². The number of carbonyl (C=O) groups is 2. The molecule has 0 saturated heterocycles. The van der Waals surface area contributed by atoms with E-state index in [-0.39, 0.29) is 12.2 Å². The predicted octanol–water partition coefficient (Wildman–Crippen LogP) is 2.86. The molecule has 0 aliphatic rings. The molecule has 3 rings (SSSR count). The fourth-order valence-corrected chi connectivity index (χ4v) is 2.00. The summed E-state index contributed by atoms with van der Waals surface area (Å²) >= 11 is 0. The molecule has 7 heteroatoms. The molecule has 0 spiro atoms. The van der Waals surface area contributed by atoms with Gasteiger partial charge in [0.2, 0.25) is 0 Å². The van der Waals surface area contributed by atoms with Gasteiger partial charge >= 0.3 is 0 Å². The molecular formula is C18H15F2N3O2. The average molecular weight is 343 g/mol. The van der Waals surface area contributed by atoms with Crippen LogP contribution in [-0.4, -0.2) is 16.8 Å². The molecule has 2 aromatic carbocycles. The van der Waals surface area contributed by atoms with Crippen molar-refractivity contribution in [2.24, 2.45) is 5.84 Å². The molecule has 0 bridgehead atoms. The molecule has 128 valence electrons. The monoisotopic (exact) mass is 343 g/mol. The summed E-state index contributed by atoms with van der Waals surface area (Å²) in [7, 11) is 0. The van der Waals surface area contributed by atoms with Crippen molar-refractivity contribution in [2.45, 2.75) is 0 Å². The maximum Gasteiger partial charge on any atom is 0.265 e. The van der Waals surface area contributed by atoms with Crippen LogP contribution in [0.25, 0.3) is 5.69 Å². The third kappa shape index (κ3) is 4.58. The van der Waals surface area contributed by atoms with Gasteiger partial charge in [-0.15, -0.1) is 0 Å². The van der Waals surface area contributed by atoms with Crippen LogP contribution < -0.4 is 11.3 Å². The topological polar surface area (TPSA) is 77.1 Å². The minimum Gasteiger partial charge on any atom is -0.324 e. The number of amides is 1. The fraction of sp³-hybridized carbons (Fsp3) is 0. The summed E-state index contributed by atoms with van der Waals surface area (Å²) in [6.07, 6.45) is 4.04. The Labute approximate surface area is 142 Å². The largest absolute Gasteiger partial charge is 0.324 e. The maximum atomic E-state index is 12.4. The first-order chi connectivity index (χ1) is 12.1. The van der Waals surface area contributed by atoms with Crippen molar-refractivity contribution >= 4 is 12.2 Å². The highest BCUT2D eigenvalue weighted by atomic mass is 19.1. The Morgan fingerprint density at radius 3 is 1.96 bits per heavy atom. The second-order valence-corrected chi connectivity index (χ2v) is 4.86. The van der Waals surface area contributed by atoms with Crippen LogP contribution in [0.1, 0.15) is 20.7 Å². The second-order valence-electron chi connectivity index (χ2n) is 4.86. The van der Waals surface area contributed by atoms with E-state index in [0.717, 1.165) is 17.8 Å². The number of aldehydes is 1. The number of hydrogen-bond acceptors (Lipinski definition) is 3. The fourth-order valence-electron chi connectivity index (χ4n) is 2.00. The summed E-state index contributed by atoms with van der Waals surface area (Å²) in [6.45, 7) is 0. The lowest BCUT2D eigenvalue weighted by Gasteiger charge is -2.04. The van der Waals surface area contributed by atoms with E-state index in [2.05, 4.69) is 5.43 Å². The zero-order valence-electron chi connectivity index (χ0n) is 13.0. The number of benzene rings is 2. The summed E-state index contributed by atoms with van der Waals surface area (Å²) in [5.41, 5.74) is 3.14.